The molecular weight excluding hydrogens is 310 g/mol. The van der Waals surface area contributed by atoms with E-state index in [0.29, 0.717) is 17.1 Å². The van der Waals surface area contributed by atoms with Crippen LogP contribution in [0.25, 0.3) is 0 Å². The Balaban J connectivity index is 1.60. The number of carbonyl (C=O) groups excluding carboxylic acids is 1. The van der Waals surface area contributed by atoms with Crippen molar-refractivity contribution in [2.75, 3.05) is 0 Å². The molecule has 4 aliphatic carbocycles. The van der Waals surface area contributed by atoms with Crippen LogP contribution in [0.3, 0.4) is 0 Å². The van der Waals surface area contributed by atoms with Gasteiger partial charge in [0.05, 0.1) is 5.71 Å². The van der Waals surface area contributed by atoms with Crippen molar-refractivity contribution in [2.45, 2.75) is 78.6 Å². The Morgan fingerprint density at radius 1 is 1.16 bits per heavy atom. The second kappa shape index (κ2) is 5.96. The van der Waals surface area contributed by atoms with Crippen molar-refractivity contribution in [3.8, 4) is 0 Å². The Morgan fingerprint density at radius 2 is 1.96 bits per heavy atom. The molecule has 3 nitrogen and oxygen atoms in total. The maximum Gasteiger partial charge on any atom is 0.155 e. The normalized spacial score (nSPS) is 46.9. The Labute approximate surface area is 151 Å². The molecule has 4 rings (SSSR count). The van der Waals surface area contributed by atoms with Gasteiger partial charge in [-0.1, -0.05) is 24.6 Å². The fourth-order valence-corrected chi connectivity index (χ4v) is 7.40. The third-order valence-electron chi connectivity index (χ3n) is 8.87. The summed E-state index contributed by atoms with van der Waals surface area (Å²) >= 11 is 0. The highest BCUT2D eigenvalue weighted by molar-refractivity contribution is 5.91. The first kappa shape index (κ1) is 17.3. The maximum absolute atomic E-state index is 11.9. The predicted octanol–water partition coefficient (Wildman–Crippen LogP) is 5.37. The number of allylic oxidation sites excluding steroid dienone is 1. The van der Waals surface area contributed by atoms with Gasteiger partial charge in [-0.3, -0.25) is 4.79 Å². The number of carbonyl (C=O) groups is 1. The topological polar surface area (TPSA) is 49.7 Å². The first-order chi connectivity index (χ1) is 11.9. The van der Waals surface area contributed by atoms with E-state index in [2.05, 4.69) is 19.0 Å². The molecule has 3 heteroatoms. The van der Waals surface area contributed by atoms with Crippen LogP contribution in [0.15, 0.2) is 16.8 Å². The van der Waals surface area contributed by atoms with E-state index in [1.807, 2.05) is 13.0 Å². The van der Waals surface area contributed by atoms with E-state index in [9.17, 15) is 4.79 Å². The van der Waals surface area contributed by atoms with Gasteiger partial charge in [0.1, 0.15) is 0 Å². The van der Waals surface area contributed by atoms with E-state index in [1.54, 1.807) is 0 Å². The van der Waals surface area contributed by atoms with Crippen molar-refractivity contribution < 1.29 is 10.0 Å². The van der Waals surface area contributed by atoms with E-state index < -0.39 is 0 Å². The maximum atomic E-state index is 11.9. The number of oxime groups is 1. The van der Waals surface area contributed by atoms with Gasteiger partial charge in [-0.25, -0.2) is 0 Å². The average Bonchev–Trinajstić information content (AvgIpc) is 2.92. The van der Waals surface area contributed by atoms with Crippen LogP contribution in [-0.4, -0.2) is 16.7 Å². The van der Waals surface area contributed by atoms with Gasteiger partial charge in [0.2, 0.25) is 0 Å². The number of hydrogen-bond acceptors (Lipinski definition) is 3. The third-order valence-corrected chi connectivity index (χ3v) is 8.87. The molecule has 0 spiro atoms. The molecule has 1 N–H and O–H groups in total. The van der Waals surface area contributed by atoms with Gasteiger partial charge in [0.15, 0.2) is 5.78 Å². The molecule has 0 aliphatic heterocycles. The minimum absolute atomic E-state index is 0.277. The summed E-state index contributed by atoms with van der Waals surface area (Å²) in [6.45, 7) is 6.94. The molecule has 0 aromatic carbocycles. The van der Waals surface area contributed by atoms with Crippen molar-refractivity contribution in [3.05, 3.63) is 11.6 Å². The van der Waals surface area contributed by atoms with E-state index in [1.165, 1.54) is 37.7 Å². The minimum Gasteiger partial charge on any atom is -0.411 e. The van der Waals surface area contributed by atoms with E-state index in [-0.39, 0.29) is 5.41 Å². The minimum atomic E-state index is 0.277. The fraction of sp³-hybridized carbons (Fsp3) is 0.818. The zero-order valence-electron chi connectivity index (χ0n) is 16.1. The van der Waals surface area contributed by atoms with Crippen LogP contribution in [0.1, 0.15) is 78.6 Å². The van der Waals surface area contributed by atoms with Gasteiger partial charge in [-0.2, -0.15) is 0 Å². The lowest BCUT2D eigenvalue weighted by molar-refractivity contribution is -0.117. The molecule has 0 amide bonds. The van der Waals surface area contributed by atoms with Crippen LogP contribution in [0.4, 0.5) is 0 Å². The number of nitrogens with zero attached hydrogens (tertiary/aromatic N) is 1. The van der Waals surface area contributed by atoms with Gasteiger partial charge in [-0.15, -0.1) is 0 Å². The highest BCUT2D eigenvalue weighted by Gasteiger charge is 2.58. The SMILES string of the molecule is C/C(C[C@H]1CC[C@H]2[C@@H]3CCC4=CC(=O)CC[C@]4(C)[C@H]3CC[C@]12C)=N\O. The fourth-order valence-electron chi connectivity index (χ4n) is 7.40. The van der Waals surface area contributed by atoms with E-state index in [0.717, 1.165) is 49.1 Å². The van der Waals surface area contributed by atoms with Crippen molar-refractivity contribution in [3.63, 3.8) is 0 Å². The second-order valence-corrected chi connectivity index (χ2v) is 9.83. The zero-order chi connectivity index (χ0) is 17.8. The van der Waals surface area contributed by atoms with Gasteiger partial charge in [0, 0.05) is 6.42 Å². The molecular formula is C22H33NO2. The molecule has 0 saturated heterocycles. The van der Waals surface area contributed by atoms with Gasteiger partial charge >= 0.3 is 0 Å². The van der Waals surface area contributed by atoms with Crippen molar-refractivity contribution in [1.29, 1.82) is 0 Å². The molecule has 138 valence electrons. The molecule has 0 unspecified atom stereocenters. The quantitative estimate of drug-likeness (QED) is 0.416. The second-order valence-electron chi connectivity index (χ2n) is 9.83. The summed E-state index contributed by atoms with van der Waals surface area (Å²) in [7, 11) is 0. The van der Waals surface area contributed by atoms with Crippen LogP contribution >= 0.6 is 0 Å². The largest absolute Gasteiger partial charge is 0.411 e. The standard InChI is InChI=1S/C22H33NO2/c1-14(23-25)12-15-5-7-19-18-6-4-16-13-17(24)8-10-21(16,2)20(18)9-11-22(15,19)3/h13,15,18-20,25H,4-12H2,1-3H3/b23-14+/t15-,18+,19+,20+,21+,22-/m1/s1. The molecule has 0 radical (unpaired) electrons. The molecule has 0 heterocycles. The average molecular weight is 344 g/mol. The molecule has 4 aliphatic rings. The first-order valence-electron chi connectivity index (χ1n) is 10.3. The van der Waals surface area contributed by atoms with Gasteiger partial charge < -0.3 is 5.21 Å². The summed E-state index contributed by atoms with van der Waals surface area (Å²) in [5, 5.41) is 12.6. The lowest BCUT2D eigenvalue weighted by atomic mass is 9.46. The summed E-state index contributed by atoms with van der Waals surface area (Å²) in [5.74, 6) is 3.44. The third kappa shape index (κ3) is 2.52. The van der Waals surface area contributed by atoms with Crippen LogP contribution < -0.4 is 0 Å². The van der Waals surface area contributed by atoms with Gasteiger partial charge in [0.25, 0.3) is 0 Å². The lowest BCUT2D eigenvalue weighted by Crippen LogP contribution is -2.50. The molecule has 3 saturated carbocycles. The number of hydrogen-bond donors (Lipinski definition) is 1. The van der Waals surface area contributed by atoms with E-state index in [4.69, 9.17) is 5.21 Å². The Kier molecular flexibility index (Phi) is 4.12. The van der Waals surface area contributed by atoms with Gasteiger partial charge in [-0.05, 0) is 98.9 Å². The smallest absolute Gasteiger partial charge is 0.155 e. The van der Waals surface area contributed by atoms with Crippen molar-refractivity contribution in [2.24, 2.45) is 39.7 Å². The molecule has 0 bridgehead atoms. The summed E-state index contributed by atoms with van der Waals surface area (Å²) in [4.78, 5) is 11.9. The van der Waals surface area contributed by atoms with Crippen LogP contribution in [0, 0.1) is 34.5 Å². The lowest BCUT2D eigenvalue weighted by Gasteiger charge is -2.58. The van der Waals surface area contributed by atoms with Crippen LogP contribution in [0.5, 0.6) is 0 Å². The number of rotatable bonds is 2. The van der Waals surface area contributed by atoms with E-state index >= 15 is 0 Å². The van der Waals surface area contributed by atoms with Crippen LogP contribution in [0.2, 0.25) is 0 Å². The molecule has 25 heavy (non-hydrogen) atoms. The summed E-state index contributed by atoms with van der Waals surface area (Å²) in [6.07, 6.45) is 12.4. The number of ketones is 1. The van der Waals surface area contributed by atoms with Crippen LogP contribution in [-0.2, 0) is 4.79 Å². The van der Waals surface area contributed by atoms with Crippen molar-refractivity contribution in [1.82, 2.24) is 0 Å². The highest BCUT2D eigenvalue weighted by atomic mass is 16.4. The monoisotopic (exact) mass is 343 g/mol. The Hall–Kier alpha value is -1.12. The van der Waals surface area contributed by atoms with Crippen molar-refractivity contribution >= 4 is 11.5 Å². The molecule has 0 aromatic rings. The highest BCUT2D eigenvalue weighted by Crippen LogP contribution is 2.67. The zero-order valence-corrected chi connectivity index (χ0v) is 16.1. The molecule has 0 aromatic heterocycles. The summed E-state index contributed by atoms with van der Waals surface area (Å²) in [6, 6.07) is 0. The summed E-state index contributed by atoms with van der Waals surface area (Å²) in [5.41, 5.74) is 3.04. The predicted molar refractivity (Wildman–Crippen MR) is 99.7 cm³/mol. The molecule has 6 atom stereocenters. The Bertz CT molecular complexity index is 636. The number of fused-ring (bicyclic) bond motifs is 5. The molecule has 3 fully saturated rings. The summed E-state index contributed by atoms with van der Waals surface area (Å²) < 4.78 is 0. The first-order valence-corrected chi connectivity index (χ1v) is 10.3. The Morgan fingerprint density at radius 3 is 2.72 bits per heavy atom.